The van der Waals surface area contributed by atoms with Crippen LogP contribution in [0.25, 0.3) is 0 Å². The van der Waals surface area contributed by atoms with Crippen molar-refractivity contribution in [1.29, 1.82) is 0 Å². The smallest absolute Gasteiger partial charge is 0.123 e. The third-order valence-electron chi connectivity index (χ3n) is 2.61. The van der Waals surface area contributed by atoms with Crippen molar-refractivity contribution < 1.29 is 9.47 Å². The van der Waals surface area contributed by atoms with Crippen LogP contribution in [0.2, 0.25) is 0 Å². The molecule has 0 amide bonds. The van der Waals surface area contributed by atoms with Gasteiger partial charge in [-0.05, 0) is 39.1 Å². The van der Waals surface area contributed by atoms with E-state index in [2.05, 4.69) is 4.90 Å². The first-order chi connectivity index (χ1) is 8.35. The maximum absolute atomic E-state index is 6.02. The fraction of sp³-hybridized carbons (Fsp3) is 0.571. The predicted octanol–water partition coefficient (Wildman–Crippen LogP) is 1.87. The molecule has 0 fully saturated rings. The maximum Gasteiger partial charge on any atom is 0.123 e. The van der Waals surface area contributed by atoms with E-state index in [-0.39, 0.29) is 5.54 Å². The van der Waals surface area contributed by atoms with Gasteiger partial charge in [-0.25, -0.2) is 0 Å². The Balaban J connectivity index is 2.81. The summed E-state index contributed by atoms with van der Waals surface area (Å²) >= 11 is 0. The van der Waals surface area contributed by atoms with Gasteiger partial charge in [0.25, 0.3) is 0 Å². The van der Waals surface area contributed by atoms with E-state index in [0.29, 0.717) is 0 Å². The highest BCUT2D eigenvalue weighted by Gasteiger charge is 2.15. The molecule has 0 bridgehead atoms. The van der Waals surface area contributed by atoms with Crippen molar-refractivity contribution >= 4 is 0 Å². The Labute approximate surface area is 110 Å². The van der Waals surface area contributed by atoms with E-state index in [1.807, 2.05) is 39.1 Å². The lowest BCUT2D eigenvalue weighted by molar-refractivity contribution is 0.259. The lowest BCUT2D eigenvalue weighted by Gasteiger charge is -2.27. The summed E-state index contributed by atoms with van der Waals surface area (Å²) < 4.78 is 10.6. The molecular weight excluding hydrogens is 228 g/mol. The molecule has 4 heteroatoms. The van der Waals surface area contributed by atoms with E-state index in [4.69, 9.17) is 15.2 Å². The molecule has 0 aromatic heterocycles. The number of hydrogen-bond donors (Lipinski definition) is 1. The summed E-state index contributed by atoms with van der Waals surface area (Å²) in [6, 6.07) is 5.82. The van der Waals surface area contributed by atoms with Crippen LogP contribution < -0.4 is 15.2 Å². The van der Waals surface area contributed by atoms with Crippen LogP contribution in [-0.2, 0) is 6.54 Å². The Bertz CT molecular complexity index is 386. The third-order valence-corrected chi connectivity index (χ3v) is 2.61. The maximum atomic E-state index is 6.02. The fourth-order valence-electron chi connectivity index (χ4n) is 2.05. The van der Waals surface area contributed by atoms with Crippen molar-refractivity contribution in [3.05, 3.63) is 23.8 Å². The Morgan fingerprint density at radius 1 is 1.22 bits per heavy atom. The molecule has 18 heavy (non-hydrogen) atoms. The number of hydrogen-bond acceptors (Lipinski definition) is 4. The molecule has 0 spiro atoms. The van der Waals surface area contributed by atoms with Crippen molar-refractivity contribution in [2.24, 2.45) is 5.73 Å². The zero-order chi connectivity index (χ0) is 13.8. The van der Waals surface area contributed by atoms with Crippen LogP contribution in [0.5, 0.6) is 11.5 Å². The number of benzene rings is 1. The standard InChI is InChI=1S/C14H24N2O2/c1-14(2,15)10-16(3)9-11-8-12(17-4)6-7-13(11)18-5/h6-8H,9-10,15H2,1-5H3. The molecule has 1 aromatic rings. The molecule has 0 aliphatic carbocycles. The first-order valence-corrected chi connectivity index (χ1v) is 6.04. The fourth-order valence-corrected chi connectivity index (χ4v) is 2.05. The number of likely N-dealkylation sites (N-methyl/N-ethyl adjacent to an activating group) is 1. The normalized spacial score (nSPS) is 11.7. The minimum Gasteiger partial charge on any atom is -0.497 e. The highest BCUT2D eigenvalue weighted by Crippen LogP contribution is 2.25. The van der Waals surface area contributed by atoms with E-state index in [1.54, 1.807) is 14.2 Å². The molecule has 0 heterocycles. The van der Waals surface area contributed by atoms with Crippen molar-refractivity contribution in [1.82, 2.24) is 4.90 Å². The lowest BCUT2D eigenvalue weighted by Crippen LogP contribution is -2.43. The van der Waals surface area contributed by atoms with E-state index in [9.17, 15) is 0 Å². The van der Waals surface area contributed by atoms with Gasteiger partial charge >= 0.3 is 0 Å². The van der Waals surface area contributed by atoms with Crippen LogP contribution >= 0.6 is 0 Å². The molecule has 1 rings (SSSR count). The molecular formula is C14H24N2O2. The van der Waals surface area contributed by atoms with Gasteiger partial charge in [-0.2, -0.15) is 0 Å². The summed E-state index contributed by atoms with van der Waals surface area (Å²) in [5, 5.41) is 0. The molecule has 4 nitrogen and oxygen atoms in total. The minimum absolute atomic E-state index is 0.207. The lowest BCUT2D eigenvalue weighted by atomic mass is 10.1. The molecule has 0 saturated heterocycles. The second-order valence-electron chi connectivity index (χ2n) is 5.34. The third kappa shape index (κ3) is 4.55. The number of ether oxygens (including phenoxy) is 2. The van der Waals surface area contributed by atoms with E-state index in [0.717, 1.165) is 30.2 Å². The van der Waals surface area contributed by atoms with Gasteiger partial charge in [0.2, 0.25) is 0 Å². The van der Waals surface area contributed by atoms with Gasteiger partial charge in [0.05, 0.1) is 14.2 Å². The van der Waals surface area contributed by atoms with Crippen LogP contribution in [0, 0.1) is 0 Å². The van der Waals surface area contributed by atoms with Gasteiger partial charge in [-0.15, -0.1) is 0 Å². The minimum atomic E-state index is -0.207. The molecule has 0 radical (unpaired) electrons. The van der Waals surface area contributed by atoms with Crippen molar-refractivity contribution in [2.45, 2.75) is 25.9 Å². The van der Waals surface area contributed by atoms with Crippen molar-refractivity contribution in [2.75, 3.05) is 27.8 Å². The highest BCUT2D eigenvalue weighted by atomic mass is 16.5. The van der Waals surface area contributed by atoms with Crippen LogP contribution in [0.3, 0.4) is 0 Å². The Morgan fingerprint density at radius 2 is 1.89 bits per heavy atom. The Morgan fingerprint density at radius 3 is 2.39 bits per heavy atom. The SMILES string of the molecule is COc1ccc(OC)c(CN(C)CC(C)(C)N)c1. The Hall–Kier alpha value is -1.26. The summed E-state index contributed by atoms with van der Waals surface area (Å²) in [7, 11) is 5.39. The summed E-state index contributed by atoms with van der Waals surface area (Å²) in [5.41, 5.74) is 6.91. The zero-order valence-corrected chi connectivity index (χ0v) is 12.0. The molecule has 102 valence electrons. The average Bonchev–Trinajstić information content (AvgIpc) is 2.26. The van der Waals surface area contributed by atoms with Gasteiger partial charge in [0.1, 0.15) is 11.5 Å². The highest BCUT2D eigenvalue weighted by molar-refractivity contribution is 5.40. The predicted molar refractivity (Wildman–Crippen MR) is 74.1 cm³/mol. The van der Waals surface area contributed by atoms with Crippen LogP contribution in [0.1, 0.15) is 19.4 Å². The zero-order valence-electron chi connectivity index (χ0n) is 12.0. The molecule has 2 N–H and O–H groups in total. The summed E-state index contributed by atoms with van der Waals surface area (Å²) in [6.45, 7) is 5.63. The average molecular weight is 252 g/mol. The van der Waals surface area contributed by atoms with Crippen LogP contribution in [0.4, 0.5) is 0 Å². The number of nitrogens with two attached hydrogens (primary N) is 1. The van der Waals surface area contributed by atoms with E-state index < -0.39 is 0 Å². The first kappa shape index (κ1) is 14.8. The molecule has 1 aromatic carbocycles. The quantitative estimate of drug-likeness (QED) is 0.839. The molecule has 0 aliphatic heterocycles. The molecule has 0 atom stereocenters. The summed E-state index contributed by atoms with van der Waals surface area (Å²) in [5.74, 6) is 1.71. The van der Waals surface area contributed by atoms with Crippen molar-refractivity contribution in [3.8, 4) is 11.5 Å². The molecule has 0 saturated carbocycles. The van der Waals surface area contributed by atoms with Crippen LogP contribution in [-0.4, -0.2) is 38.3 Å². The Kier molecular flexibility index (Phi) is 4.99. The summed E-state index contributed by atoms with van der Waals surface area (Å²) in [6.07, 6.45) is 0. The first-order valence-electron chi connectivity index (χ1n) is 6.04. The second kappa shape index (κ2) is 6.07. The van der Waals surface area contributed by atoms with Gasteiger partial charge in [-0.1, -0.05) is 0 Å². The second-order valence-corrected chi connectivity index (χ2v) is 5.34. The molecule has 0 aliphatic rings. The van der Waals surface area contributed by atoms with Gasteiger partial charge in [-0.3, -0.25) is 0 Å². The number of nitrogens with zero attached hydrogens (tertiary/aromatic N) is 1. The largest absolute Gasteiger partial charge is 0.497 e. The molecule has 0 unspecified atom stereocenters. The topological polar surface area (TPSA) is 47.7 Å². The van der Waals surface area contributed by atoms with Crippen molar-refractivity contribution in [3.63, 3.8) is 0 Å². The van der Waals surface area contributed by atoms with E-state index in [1.165, 1.54) is 0 Å². The van der Waals surface area contributed by atoms with Crippen LogP contribution in [0.15, 0.2) is 18.2 Å². The number of methoxy groups -OCH3 is 2. The van der Waals surface area contributed by atoms with Gasteiger partial charge in [0, 0.05) is 24.2 Å². The van der Waals surface area contributed by atoms with Gasteiger partial charge < -0.3 is 20.1 Å². The summed E-state index contributed by atoms with van der Waals surface area (Å²) in [4.78, 5) is 2.18. The monoisotopic (exact) mass is 252 g/mol. The van der Waals surface area contributed by atoms with Gasteiger partial charge in [0.15, 0.2) is 0 Å². The number of rotatable bonds is 6. The van der Waals surface area contributed by atoms with E-state index >= 15 is 0 Å².